The van der Waals surface area contributed by atoms with E-state index in [1.807, 2.05) is 6.92 Å². The third-order valence-corrected chi connectivity index (χ3v) is 0. The monoisotopic (exact) mass is 161 g/mol. The first kappa shape index (κ1) is 15.9. The van der Waals surface area contributed by atoms with Crippen LogP contribution in [0.3, 0.4) is 0 Å². The zero-order valence-electron chi connectivity index (χ0n) is 4.90. The number of hydrogen-bond acceptors (Lipinski definition) is 3. The van der Waals surface area contributed by atoms with Crippen LogP contribution in [-0.4, -0.2) is 29.5 Å². The van der Waals surface area contributed by atoms with E-state index in [-0.39, 0.29) is 5.48 Å². The average Bonchev–Trinajstić information content (AvgIpc) is 1.27. The summed E-state index contributed by atoms with van der Waals surface area (Å²) < 4.78 is 31.6. The van der Waals surface area contributed by atoms with Crippen LogP contribution in [0, 0.1) is 0 Å². The van der Waals surface area contributed by atoms with E-state index in [2.05, 4.69) is 0 Å². The van der Waals surface area contributed by atoms with Gasteiger partial charge in [0.25, 0.3) is 0 Å². The maximum atomic E-state index is 8.74. The van der Waals surface area contributed by atoms with Crippen molar-refractivity contribution in [1.82, 2.24) is 0 Å². The molecule has 0 fully saturated rings. The Kier molecular flexibility index (Phi) is 13.8. The molecule has 0 aromatic rings. The molecule has 0 rings (SSSR count). The predicted molar refractivity (Wildman–Crippen MR) is 32.5 cm³/mol. The Morgan fingerprint density at radius 2 is 1.44 bits per heavy atom. The Labute approximate surface area is 53.6 Å². The molecular weight excluding hydrogens is 150 g/mol. The van der Waals surface area contributed by atoms with Crippen molar-refractivity contribution < 1.29 is 23.0 Å². The van der Waals surface area contributed by atoms with Gasteiger partial charge in [-0.15, -0.1) is 0 Å². The van der Waals surface area contributed by atoms with Crippen LogP contribution >= 0.6 is 0 Å². The fourth-order valence-electron chi connectivity index (χ4n) is 0. The fraction of sp³-hybridized carbons (Fsp3) is 1.00. The number of nitrogens with two attached hydrogens (primary N) is 1. The molecule has 0 aliphatic carbocycles. The van der Waals surface area contributed by atoms with Crippen molar-refractivity contribution in [2.45, 2.75) is 6.92 Å². The molecule has 0 aliphatic rings. The molecule has 0 aromatic carbocycles. The van der Waals surface area contributed by atoms with Crippen LogP contribution in [0.1, 0.15) is 6.92 Å². The van der Waals surface area contributed by atoms with Crippen molar-refractivity contribution in [2.24, 2.45) is 5.73 Å². The Morgan fingerprint density at radius 3 is 1.44 bits per heavy atom. The second-order valence-corrected chi connectivity index (χ2v) is 1.75. The zero-order valence-corrected chi connectivity index (χ0v) is 5.72. The summed E-state index contributed by atoms with van der Waals surface area (Å²) in [6.07, 6.45) is 0. The minimum absolute atomic E-state index is 0. The lowest BCUT2D eigenvalue weighted by atomic mass is 10.8. The first-order valence-corrected chi connectivity index (χ1v) is 3.21. The fourth-order valence-corrected chi connectivity index (χ4v) is 0. The highest BCUT2D eigenvalue weighted by atomic mass is 32.3. The molecule has 0 atom stereocenters. The third-order valence-electron chi connectivity index (χ3n) is 0. The molecular formula is C2H11NO5S. The Hall–Kier alpha value is -0.210. The molecule has 0 bridgehead atoms. The molecule has 7 heteroatoms. The summed E-state index contributed by atoms with van der Waals surface area (Å²) in [4.78, 5) is 0. The van der Waals surface area contributed by atoms with E-state index in [0.717, 1.165) is 6.54 Å². The molecule has 0 saturated heterocycles. The lowest BCUT2D eigenvalue weighted by Gasteiger charge is -1.68. The van der Waals surface area contributed by atoms with E-state index in [9.17, 15) is 0 Å². The van der Waals surface area contributed by atoms with Gasteiger partial charge in [-0.2, -0.15) is 8.42 Å². The summed E-state index contributed by atoms with van der Waals surface area (Å²) >= 11 is 0. The molecule has 60 valence electrons. The van der Waals surface area contributed by atoms with Gasteiger partial charge < -0.3 is 11.2 Å². The summed E-state index contributed by atoms with van der Waals surface area (Å²) in [5.74, 6) is 0. The van der Waals surface area contributed by atoms with Crippen LogP contribution in [0.5, 0.6) is 0 Å². The highest BCUT2D eigenvalue weighted by Gasteiger charge is 1.84. The molecule has 0 aromatic heterocycles. The lowest BCUT2D eigenvalue weighted by molar-refractivity contribution is 0.381. The van der Waals surface area contributed by atoms with E-state index in [1.165, 1.54) is 0 Å². The summed E-state index contributed by atoms with van der Waals surface area (Å²) in [5.41, 5.74) is 4.85. The molecule has 0 aliphatic heterocycles. The van der Waals surface area contributed by atoms with Gasteiger partial charge in [0.1, 0.15) is 0 Å². The quantitative estimate of drug-likeness (QED) is 0.371. The molecule has 0 amide bonds. The van der Waals surface area contributed by atoms with Crippen molar-refractivity contribution >= 4 is 10.4 Å². The molecule has 0 unspecified atom stereocenters. The second-order valence-electron chi connectivity index (χ2n) is 0.856. The van der Waals surface area contributed by atoms with Gasteiger partial charge in [0.2, 0.25) is 0 Å². The van der Waals surface area contributed by atoms with Gasteiger partial charge in [0, 0.05) is 0 Å². The van der Waals surface area contributed by atoms with E-state index in [0.29, 0.717) is 0 Å². The summed E-state index contributed by atoms with van der Waals surface area (Å²) in [6, 6.07) is 0. The van der Waals surface area contributed by atoms with Crippen LogP contribution in [-0.2, 0) is 10.4 Å². The second kappa shape index (κ2) is 7.79. The van der Waals surface area contributed by atoms with E-state index < -0.39 is 10.4 Å². The van der Waals surface area contributed by atoms with Crippen LogP contribution in [0.25, 0.3) is 0 Å². The van der Waals surface area contributed by atoms with Crippen molar-refractivity contribution in [3.63, 3.8) is 0 Å². The van der Waals surface area contributed by atoms with Crippen LogP contribution < -0.4 is 5.73 Å². The Bertz CT molecular complexity index is 109. The van der Waals surface area contributed by atoms with E-state index in [1.54, 1.807) is 0 Å². The Morgan fingerprint density at radius 1 is 1.44 bits per heavy atom. The van der Waals surface area contributed by atoms with Crippen LogP contribution in [0.2, 0.25) is 0 Å². The molecule has 9 heavy (non-hydrogen) atoms. The van der Waals surface area contributed by atoms with E-state index >= 15 is 0 Å². The van der Waals surface area contributed by atoms with Crippen molar-refractivity contribution in [2.75, 3.05) is 6.54 Å². The largest absolute Gasteiger partial charge is 0.412 e. The summed E-state index contributed by atoms with van der Waals surface area (Å²) in [5, 5.41) is 0. The van der Waals surface area contributed by atoms with Gasteiger partial charge in [-0.25, -0.2) is 0 Å². The zero-order chi connectivity index (χ0) is 7.21. The maximum Gasteiger partial charge on any atom is 0.394 e. The smallest absolute Gasteiger partial charge is 0.394 e. The Balaban J connectivity index is -0.0000000800. The van der Waals surface area contributed by atoms with Gasteiger partial charge in [-0.3, -0.25) is 9.11 Å². The molecule has 0 radical (unpaired) electrons. The first-order valence-electron chi connectivity index (χ1n) is 1.81. The highest BCUT2D eigenvalue weighted by Crippen LogP contribution is 1.59. The molecule has 0 heterocycles. The van der Waals surface area contributed by atoms with Gasteiger partial charge in [0.15, 0.2) is 0 Å². The van der Waals surface area contributed by atoms with Crippen LogP contribution in [0.15, 0.2) is 0 Å². The minimum Gasteiger partial charge on any atom is -0.412 e. The maximum absolute atomic E-state index is 8.74. The topological polar surface area (TPSA) is 132 Å². The van der Waals surface area contributed by atoms with Crippen molar-refractivity contribution in [3.05, 3.63) is 0 Å². The number of rotatable bonds is 0. The lowest BCUT2D eigenvalue weighted by Crippen LogP contribution is -1.89. The minimum atomic E-state index is -4.67. The molecule has 0 spiro atoms. The molecule has 6 nitrogen and oxygen atoms in total. The van der Waals surface area contributed by atoms with Gasteiger partial charge in [-0.05, 0) is 6.54 Å². The van der Waals surface area contributed by atoms with Gasteiger partial charge in [0.05, 0.1) is 0 Å². The first-order chi connectivity index (χ1) is 3.41. The molecule has 6 N–H and O–H groups in total. The SMILES string of the molecule is CCN.O.O=S(=O)(O)O. The normalized spacial score (nSPS) is 8.44. The van der Waals surface area contributed by atoms with Gasteiger partial charge >= 0.3 is 10.4 Å². The number of hydrogen-bond donors (Lipinski definition) is 3. The standard InChI is InChI=1S/C2H7N.H2O4S.H2O/c1-2-3;1-5(2,3)4;/h2-3H2,1H3;(H2,1,2,3,4);1H2. The summed E-state index contributed by atoms with van der Waals surface area (Å²) in [7, 11) is -4.67. The third kappa shape index (κ3) is 5920. The van der Waals surface area contributed by atoms with Gasteiger partial charge in [-0.1, -0.05) is 6.92 Å². The molecule has 0 saturated carbocycles. The van der Waals surface area contributed by atoms with E-state index in [4.69, 9.17) is 23.3 Å². The highest BCUT2D eigenvalue weighted by molar-refractivity contribution is 7.79. The average molecular weight is 161 g/mol. The predicted octanol–water partition coefficient (Wildman–Crippen LogP) is -1.51. The van der Waals surface area contributed by atoms with Crippen LogP contribution in [0.4, 0.5) is 0 Å². The van der Waals surface area contributed by atoms with Crippen molar-refractivity contribution in [1.29, 1.82) is 0 Å². The summed E-state index contributed by atoms with van der Waals surface area (Å²) in [6.45, 7) is 2.65. The van der Waals surface area contributed by atoms with Crippen molar-refractivity contribution in [3.8, 4) is 0 Å².